The summed E-state index contributed by atoms with van der Waals surface area (Å²) in [7, 11) is -1.85. The highest BCUT2D eigenvalue weighted by Crippen LogP contribution is 2.25. The van der Waals surface area contributed by atoms with E-state index in [1.807, 2.05) is 0 Å². The number of aromatic nitrogens is 3. The van der Waals surface area contributed by atoms with Gasteiger partial charge in [-0.15, -0.1) is 12.4 Å². The van der Waals surface area contributed by atoms with Crippen molar-refractivity contribution < 1.29 is 17.9 Å². The van der Waals surface area contributed by atoms with Gasteiger partial charge in [-0.3, -0.25) is 4.79 Å². The summed E-state index contributed by atoms with van der Waals surface area (Å²) in [6.07, 6.45) is 4.06. The maximum Gasteiger partial charge on any atom is 0.253 e. The smallest absolute Gasteiger partial charge is 0.253 e. The zero-order valence-electron chi connectivity index (χ0n) is 17.7. The number of halogens is 1. The van der Waals surface area contributed by atoms with Crippen LogP contribution >= 0.6 is 12.4 Å². The van der Waals surface area contributed by atoms with Crippen LogP contribution in [0.25, 0.3) is 22.6 Å². The molecule has 0 aliphatic carbocycles. The van der Waals surface area contributed by atoms with Gasteiger partial charge < -0.3 is 15.0 Å². The molecule has 2 aromatic heterocycles. The van der Waals surface area contributed by atoms with Crippen molar-refractivity contribution in [2.45, 2.75) is 24.2 Å². The van der Waals surface area contributed by atoms with Crippen LogP contribution in [0, 0.1) is 0 Å². The van der Waals surface area contributed by atoms with E-state index in [9.17, 15) is 13.2 Å². The van der Waals surface area contributed by atoms with E-state index in [4.69, 9.17) is 4.74 Å². The third kappa shape index (κ3) is 4.93. The first kappa shape index (κ1) is 24.1. The minimum Gasteiger partial charge on any atom is -0.385 e. The lowest BCUT2D eigenvalue weighted by Crippen LogP contribution is -2.27. The molecule has 0 spiro atoms. The Morgan fingerprint density at radius 3 is 2.59 bits per heavy atom. The molecule has 1 aliphatic rings. The Morgan fingerprint density at radius 1 is 1.19 bits per heavy atom. The van der Waals surface area contributed by atoms with Crippen LogP contribution in [0.4, 0.5) is 0 Å². The normalized spacial score (nSPS) is 14.4. The summed E-state index contributed by atoms with van der Waals surface area (Å²) >= 11 is 0. The van der Waals surface area contributed by atoms with E-state index >= 15 is 0 Å². The Balaban J connectivity index is 0.00000289. The molecular weight excluding hydrogens is 454 g/mol. The third-order valence-corrected chi connectivity index (χ3v) is 7.18. The second-order valence-electron chi connectivity index (χ2n) is 7.38. The number of nitrogens with zero attached hydrogens (tertiary/aromatic N) is 3. The number of nitrogens with one attached hydrogen (secondary N) is 2. The van der Waals surface area contributed by atoms with Crippen molar-refractivity contribution >= 4 is 39.5 Å². The first-order valence-corrected chi connectivity index (χ1v) is 11.7. The molecule has 172 valence electrons. The molecule has 1 aliphatic heterocycles. The molecule has 0 unspecified atom stereocenters. The molecule has 4 rings (SSSR count). The van der Waals surface area contributed by atoms with Gasteiger partial charge in [-0.25, -0.2) is 18.4 Å². The fraction of sp³-hybridized carbons (Fsp3) is 0.381. The van der Waals surface area contributed by atoms with Gasteiger partial charge >= 0.3 is 0 Å². The molecule has 0 atom stereocenters. The maximum atomic E-state index is 12.7. The first-order valence-electron chi connectivity index (χ1n) is 10.2. The van der Waals surface area contributed by atoms with Crippen molar-refractivity contribution in [1.82, 2.24) is 24.6 Å². The number of benzene rings is 1. The van der Waals surface area contributed by atoms with Gasteiger partial charge in [0.05, 0.1) is 10.5 Å². The number of ether oxygens (including phenoxy) is 1. The number of hydrogen-bond donors (Lipinski definition) is 2. The second-order valence-corrected chi connectivity index (χ2v) is 9.32. The van der Waals surface area contributed by atoms with Gasteiger partial charge in [-0.05, 0) is 49.6 Å². The van der Waals surface area contributed by atoms with Crippen LogP contribution in [0.5, 0.6) is 0 Å². The molecule has 1 saturated heterocycles. The largest absolute Gasteiger partial charge is 0.385 e. The number of fused-ring (bicyclic) bond motifs is 1. The Morgan fingerprint density at radius 2 is 1.91 bits per heavy atom. The van der Waals surface area contributed by atoms with Gasteiger partial charge in [0.25, 0.3) is 5.91 Å². The predicted molar refractivity (Wildman–Crippen MR) is 123 cm³/mol. The highest BCUT2D eigenvalue weighted by Gasteiger charge is 2.27. The van der Waals surface area contributed by atoms with Crippen LogP contribution < -0.4 is 5.32 Å². The van der Waals surface area contributed by atoms with Crippen LogP contribution in [0.15, 0.2) is 41.4 Å². The maximum absolute atomic E-state index is 12.7. The summed E-state index contributed by atoms with van der Waals surface area (Å²) < 4.78 is 31.9. The monoisotopic (exact) mass is 479 g/mol. The van der Waals surface area contributed by atoms with Crippen molar-refractivity contribution in [3.63, 3.8) is 0 Å². The lowest BCUT2D eigenvalue weighted by molar-refractivity contribution is 0.0950. The van der Waals surface area contributed by atoms with Crippen LogP contribution in [-0.2, 0) is 14.8 Å². The average Bonchev–Trinajstić information content (AvgIpc) is 3.47. The van der Waals surface area contributed by atoms with E-state index in [0.717, 1.165) is 19.3 Å². The average molecular weight is 480 g/mol. The molecule has 1 amide bonds. The number of H-pyrrole nitrogens is 1. The minimum absolute atomic E-state index is 0. The summed E-state index contributed by atoms with van der Waals surface area (Å²) in [6.45, 7) is 2.20. The van der Waals surface area contributed by atoms with Crippen LogP contribution in [0.3, 0.4) is 0 Å². The Hall–Kier alpha value is -2.53. The zero-order valence-corrected chi connectivity index (χ0v) is 19.3. The summed E-state index contributed by atoms with van der Waals surface area (Å²) in [5.41, 5.74) is 2.10. The molecular formula is C21H26ClN5O4S. The summed E-state index contributed by atoms with van der Waals surface area (Å²) in [5, 5.41) is 2.85. The SMILES string of the molecule is COCCCNC(=O)c1ccnc2[nH]c(-c3ccc(S(=O)(=O)N4CCCC4)cc3)nc12.Cl. The second kappa shape index (κ2) is 10.4. The number of carbonyl (C=O) groups is 1. The number of imidazole rings is 1. The molecule has 1 fully saturated rings. The third-order valence-electron chi connectivity index (χ3n) is 5.27. The number of methoxy groups -OCH3 is 1. The molecule has 0 bridgehead atoms. The molecule has 3 aromatic rings. The summed E-state index contributed by atoms with van der Waals surface area (Å²) in [5.74, 6) is 0.292. The van der Waals surface area contributed by atoms with E-state index in [2.05, 4.69) is 20.3 Å². The fourth-order valence-electron chi connectivity index (χ4n) is 3.61. The lowest BCUT2D eigenvalue weighted by atomic mass is 10.2. The molecule has 2 N–H and O–H groups in total. The van der Waals surface area contributed by atoms with Gasteiger partial charge in [0.15, 0.2) is 5.65 Å². The number of pyridine rings is 1. The van der Waals surface area contributed by atoms with E-state index < -0.39 is 10.0 Å². The number of carbonyl (C=O) groups excluding carboxylic acids is 1. The molecule has 11 heteroatoms. The Kier molecular flexibility index (Phi) is 7.83. The number of aromatic amines is 1. The number of sulfonamides is 1. The van der Waals surface area contributed by atoms with Gasteiger partial charge in [-0.1, -0.05) is 0 Å². The van der Waals surface area contributed by atoms with E-state index in [0.29, 0.717) is 54.4 Å². The van der Waals surface area contributed by atoms with Crippen LogP contribution in [-0.4, -0.2) is 66.9 Å². The zero-order chi connectivity index (χ0) is 21.8. The molecule has 32 heavy (non-hydrogen) atoms. The lowest BCUT2D eigenvalue weighted by Gasteiger charge is -2.15. The van der Waals surface area contributed by atoms with Crippen molar-refractivity contribution in [1.29, 1.82) is 0 Å². The van der Waals surface area contributed by atoms with E-state index in [1.165, 1.54) is 4.31 Å². The fourth-order valence-corrected chi connectivity index (χ4v) is 5.12. The summed E-state index contributed by atoms with van der Waals surface area (Å²) in [4.78, 5) is 24.7. The molecule has 3 heterocycles. The Bertz CT molecular complexity index is 1170. The molecule has 9 nitrogen and oxygen atoms in total. The summed E-state index contributed by atoms with van der Waals surface area (Å²) in [6, 6.07) is 8.24. The molecule has 1 aromatic carbocycles. The van der Waals surface area contributed by atoms with Crippen molar-refractivity contribution in [2.24, 2.45) is 0 Å². The van der Waals surface area contributed by atoms with Crippen molar-refractivity contribution in [3.8, 4) is 11.4 Å². The van der Waals surface area contributed by atoms with E-state index in [1.54, 1.807) is 43.6 Å². The standard InChI is InChI=1S/C21H25N5O4S.ClH/c1-30-14-4-10-23-21(27)17-9-11-22-20-18(17)24-19(25-20)15-5-7-16(8-6-15)31(28,29)26-12-2-3-13-26;/h5-9,11H,2-4,10,12-14H2,1H3,(H,23,27)(H,22,24,25);1H. The van der Waals surface area contributed by atoms with Crippen LogP contribution in [0.1, 0.15) is 29.6 Å². The number of hydrogen-bond acceptors (Lipinski definition) is 6. The quantitative estimate of drug-likeness (QED) is 0.479. The Labute approximate surface area is 193 Å². The molecule has 0 saturated carbocycles. The predicted octanol–water partition coefficient (Wildman–Crippen LogP) is 2.60. The van der Waals surface area contributed by atoms with E-state index in [-0.39, 0.29) is 23.2 Å². The van der Waals surface area contributed by atoms with Gasteiger partial charge in [0.1, 0.15) is 11.3 Å². The number of amides is 1. The van der Waals surface area contributed by atoms with Gasteiger partial charge in [-0.2, -0.15) is 4.31 Å². The van der Waals surface area contributed by atoms with Crippen LogP contribution in [0.2, 0.25) is 0 Å². The van der Waals surface area contributed by atoms with Gasteiger partial charge in [0.2, 0.25) is 10.0 Å². The highest BCUT2D eigenvalue weighted by atomic mass is 35.5. The highest BCUT2D eigenvalue weighted by molar-refractivity contribution is 7.89. The molecule has 0 radical (unpaired) electrons. The minimum atomic E-state index is -3.46. The van der Waals surface area contributed by atoms with Crippen molar-refractivity contribution in [2.75, 3.05) is 33.4 Å². The van der Waals surface area contributed by atoms with Gasteiger partial charge in [0, 0.05) is 45.1 Å². The number of rotatable bonds is 8. The first-order chi connectivity index (χ1) is 15.0. The van der Waals surface area contributed by atoms with Crippen molar-refractivity contribution in [3.05, 3.63) is 42.1 Å². The topological polar surface area (TPSA) is 117 Å².